The molecule has 8 heteroatoms. The number of hydrogen-bond donors (Lipinski definition) is 2. The molecule has 148 valence electrons. The van der Waals surface area contributed by atoms with E-state index in [-0.39, 0.29) is 11.9 Å². The third kappa shape index (κ3) is 5.72. The average Bonchev–Trinajstić information content (AvgIpc) is 3.38. The number of rotatable bonds is 10. The Hall–Kier alpha value is -2.55. The fourth-order valence-electron chi connectivity index (χ4n) is 2.87. The SMILES string of the molecule is COCC[NH+](CC(=O)N[C@@H](C)c1ccccc1)Cc1nnc(-c2cccs2)o1. The molecule has 1 amide bonds. The summed E-state index contributed by atoms with van der Waals surface area (Å²) >= 11 is 1.55. The smallest absolute Gasteiger partial charge is 0.275 e. The molecule has 2 atom stereocenters. The van der Waals surface area contributed by atoms with Gasteiger partial charge in [0.2, 0.25) is 0 Å². The normalized spacial score (nSPS) is 13.2. The first kappa shape index (κ1) is 20.2. The highest BCUT2D eigenvalue weighted by Crippen LogP contribution is 2.22. The van der Waals surface area contributed by atoms with Crippen molar-refractivity contribution in [1.29, 1.82) is 0 Å². The van der Waals surface area contributed by atoms with Gasteiger partial charge in [0, 0.05) is 7.11 Å². The van der Waals surface area contributed by atoms with Gasteiger partial charge in [-0.15, -0.1) is 21.5 Å². The van der Waals surface area contributed by atoms with Crippen molar-refractivity contribution in [3.8, 4) is 10.8 Å². The number of ether oxygens (including phenoxy) is 1. The summed E-state index contributed by atoms with van der Waals surface area (Å²) in [5.74, 6) is 0.997. The molecule has 0 aliphatic rings. The summed E-state index contributed by atoms with van der Waals surface area (Å²) in [6, 6.07) is 13.7. The number of methoxy groups -OCH3 is 1. The molecule has 0 radical (unpaired) electrons. The third-order valence-electron chi connectivity index (χ3n) is 4.35. The van der Waals surface area contributed by atoms with Gasteiger partial charge in [-0.2, -0.15) is 0 Å². The van der Waals surface area contributed by atoms with Crippen LogP contribution < -0.4 is 10.2 Å². The van der Waals surface area contributed by atoms with E-state index >= 15 is 0 Å². The summed E-state index contributed by atoms with van der Waals surface area (Å²) in [6.07, 6.45) is 0. The molecule has 2 heterocycles. The van der Waals surface area contributed by atoms with E-state index in [1.807, 2.05) is 54.8 Å². The Morgan fingerprint density at radius 3 is 2.79 bits per heavy atom. The number of amides is 1. The number of quaternary nitrogens is 1. The first-order valence-electron chi connectivity index (χ1n) is 9.18. The molecule has 0 saturated carbocycles. The van der Waals surface area contributed by atoms with Crippen LogP contribution in [0.3, 0.4) is 0 Å². The standard InChI is InChI=1S/C20H24N4O3S/c1-15(16-7-4-3-5-8-16)21-18(25)13-24(10-11-26-2)14-19-22-23-20(27-19)17-9-6-12-28-17/h3-9,12,15H,10-11,13-14H2,1-2H3,(H,21,25)/p+1/t15-/m0/s1. The minimum absolute atomic E-state index is 0.0274. The van der Waals surface area contributed by atoms with E-state index in [0.717, 1.165) is 15.3 Å². The summed E-state index contributed by atoms with van der Waals surface area (Å²) in [6.45, 7) is 3.96. The predicted octanol–water partition coefficient (Wildman–Crippen LogP) is 1.71. The zero-order chi connectivity index (χ0) is 19.8. The number of carbonyl (C=O) groups is 1. The Kier molecular flexibility index (Phi) is 7.30. The maximum atomic E-state index is 12.5. The highest BCUT2D eigenvalue weighted by Gasteiger charge is 2.20. The van der Waals surface area contributed by atoms with Crippen LogP contribution in [0.25, 0.3) is 10.8 Å². The van der Waals surface area contributed by atoms with Gasteiger partial charge in [-0.05, 0) is 23.9 Å². The Balaban J connectivity index is 1.59. The van der Waals surface area contributed by atoms with E-state index in [9.17, 15) is 4.79 Å². The molecule has 3 aromatic rings. The monoisotopic (exact) mass is 401 g/mol. The quantitative estimate of drug-likeness (QED) is 0.541. The van der Waals surface area contributed by atoms with Gasteiger partial charge in [-0.25, -0.2) is 0 Å². The van der Waals surface area contributed by atoms with Gasteiger partial charge >= 0.3 is 0 Å². The van der Waals surface area contributed by atoms with Gasteiger partial charge < -0.3 is 19.4 Å². The molecular weight excluding hydrogens is 376 g/mol. The van der Waals surface area contributed by atoms with Gasteiger partial charge in [0.1, 0.15) is 6.54 Å². The maximum Gasteiger partial charge on any atom is 0.275 e. The Labute approximate surface area is 168 Å². The predicted molar refractivity (Wildman–Crippen MR) is 107 cm³/mol. The largest absolute Gasteiger partial charge is 0.414 e. The molecule has 3 rings (SSSR count). The molecule has 0 spiro atoms. The average molecular weight is 402 g/mol. The lowest BCUT2D eigenvalue weighted by Crippen LogP contribution is -3.12. The minimum Gasteiger partial charge on any atom is -0.414 e. The first-order chi connectivity index (χ1) is 13.7. The molecule has 0 bridgehead atoms. The zero-order valence-corrected chi connectivity index (χ0v) is 16.9. The van der Waals surface area contributed by atoms with E-state index in [4.69, 9.17) is 9.15 Å². The second kappa shape index (κ2) is 10.1. The maximum absolute atomic E-state index is 12.5. The Bertz CT molecular complexity index is 851. The third-order valence-corrected chi connectivity index (χ3v) is 5.21. The van der Waals surface area contributed by atoms with Gasteiger partial charge in [0.15, 0.2) is 13.1 Å². The van der Waals surface area contributed by atoms with E-state index in [1.54, 1.807) is 18.4 Å². The lowest BCUT2D eigenvalue weighted by atomic mass is 10.1. The van der Waals surface area contributed by atoms with Gasteiger partial charge in [-0.3, -0.25) is 4.79 Å². The highest BCUT2D eigenvalue weighted by molar-refractivity contribution is 7.13. The molecule has 28 heavy (non-hydrogen) atoms. The second-order valence-electron chi connectivity index (χ2n) is 6.52. The molecule has 2 N–H and O–H groups in total. The summed E-state index contributed by atoms with van der Waals surface area (Å²) in [7, 11) is 1.65. The first-order valence-corrected chi connectivity index (χ1v) is 10.1. The van der Waals surface area contributed by atoms with Crippen LogP contribution in [0.5, 0.6) is 0 Å². The summed E-state index contributed by atoms with van der Waals surface area (Å²) in [5.41, 5.74) is 1.08. The molecule has 0 aliphatic carbocycles. The van der Waals surface area contributed by atoms with Crippen LogP contribution in [0.4, 0.5) is 0 Å². The topological polar surface area (TPSA) is 81.7 Å². The molecule has 2 aromatic heterocycles. The van der Waals surface area contributed by atoms with Crippen LogP contribution in [-0.2, 0) is 16.1 Å². The van der Waals surface area contributed by atoms with Crippen LogP contribution in [0, 0.1) is 0 Å². The van der Waals surface area contributed by atoms with Crippen molar-refractivity contribution in [3.05, 3.63) is 59.3 Å². The van der Waals surface area contributed by atoms with E-state index in [2.05, 4.69) is 15.5 Å². The van der Waals surface area contributed by atoms with Crippen LogP contribution in [0.15, 0.2) is 52.3 Å². The molecular formula is C20H25N4O3S+. The molecule has 1 aromatic carbocycles. The van der Waals surface area contributed by atoms with Crippen molar-refractivity contribution < 1.29 is 18.8 Å². The number of thiophene rings is 1. The zero-order valence-electron chi connectivity index (χ0n) is 16.1. The second-order valence-corrected chi connectivity index (χ2v) is 7.47. The number of benzene rings is 1. The molecule has 0 aliphatic heterocycles. The summed E-state index contributed by atoms with van der Waals surface area (Å²) in [5, 5.41) is 13.3. The van der Waals surface area contributed by atoms with Gasteiger partial charge in [0.25, 0.3) is 17.7 Å². The van der Waals surface area contributed by atoms with Crippen molar-refractivity contribution in [3.63, 3.8) is 0 Å². The van der Waals surface area contributed by atoms with Gasteiger partial charge in [0.05, 0.1) is 17.5 Å². The highest BCUT2D eigenvalue weighted by atomic mass is 32.1. The van der Waals surface area contributed by atoms with Crippen molar-refractivity contribution in [1.82, 2.24) is 15.5 Å². The van der Waals surface area contributed by atoms with Crippen LogP contribution >= 0.6 is 11.3 Å². The lowest BCUT2D eigenvalue weighted by molar-refractivity contribution is -0.907. The number of aromatic nitrogens is 2. The van der Waals surface area contributed by atoms with Gasteiger partial charge in [-0.1, -0.05) is 36.4 Å². The number of carbonyl (C=O) groups excluding carboxylic acids is 1. The molecule has 1 unspecified atom stereocenters. The van der Waals surface area contributed by atoms with E-state index in [1.165, 1.54) is 0 Å². The summed E-state index contributed by atoms with van der Waals surface area (Å²) in [4.78, 5) is 14.5. The van der Waals surface area contributed by atoms with E-state index in [0.29, 0.717) is 38.0 Å². The minimum atomic E-state index is -0.0498. The van der Waals surface area contributed by atoms with Crippen LogP contribution in [-0.4, -0.2) is 42.9 Å². The Morgan fingerprint density at radius 1 is 1.25 bits per heavy atom. The van der Waals surface area contributed by atoms with Crippen molar-refractivity contribution in [2.75, 3.05) is 26.8 Å². The molecule has 0 saturated heterocycles. The molecule has 0 fully saturated rings. The summed E-state index contributed by atoms with van der Waals surface area (Å²) < 4.78 is 11.0. The number of hydrogen-bond acceptors (Lipinski definition) is 6. The fourth-order valence-corrected chi connectivity index (χ4v) is 3.51. The van der Waals surface area contributed by atoms with E-state index < -0.39 is 0 Å². The number of nitrogens with one attached hydrogen (secondary N) is 2. The number of nitrogens with zero attached hydrogens (tertiary/aromatic N) is 2. The van der Waals surface area contributed by atoms with Crippen molar-refractivity contribution in [2.45, 2.75) is 19.5 Å². The van der Waals surface area contributed by atoms with Crippen LogP contribution in [0.1, 0.15) is 24.4 Å². The van der Waals surface area contributed by atoms with Crippen LogP contribution in [0.2, 0.25) is 0 Å². The lowest BCUT2D eigenvalue weighted by Gasteiger charge is -2.19. The molecule has 7 nitrogen and oxygen atoms in total. The van der Waals surface area contributed by atoms with Crippen molar-refractivity contribution in [2.24, 2.45) is 0 Å². The fraction of sp³-hybridized carbons (Fsp3) is 0.350. The Morgan fingerprint density at radius 2 is 2.07 bits per heavy atom. The van der Waals surface area contributed by atoms with Crippen molar-refractivity contribution >= 4 is 17.2 Å².